The number of hydroxylamine groups is 1. The summed E-state index contributed by atoms with van der Waals surface area (Å²) in [6, 6.07) is 9.51. The highest BCUT2D eigenvalue weighted by Gasteiger charge is 2.48. The number of carbonyl (C=O) groups is 2. The van der Waals surface area contributed by atoms with Gasteiger partial charge in [-0.15, -0.1) is 0 Å². The van der Waals surface area contributed by atoms with Gasteiger partial charge in [0.05, 0.1) is 0 Å². The fourth-order valence-corrected chi connectivity index (χ4v) is 2.53. The summed E-state index contributed by atoms with van der Waals surface area (Å²) in [4.78, 5) is 24.3. The standard InChI is InChI=1S/C23H19F3N2O4/c1-23(32-2,22(25)26)19(21(30)28-31)27-20(29)17-11-7-15(8-12-17)5-3-4-6-16-9-13-18(24)14-10-16/h7-14,19,22,31H,1-2H3,(H,27,29)(H,28,30). The molecule has 32 heavy (non-hydrogen) atoms. The van der Waals surface area contributed by atoms with E-state index in [9.17, 15) is 22.8 Å². The van der Waals surface area contributed by atoms with Crippen molar-refractivity contribution >= 4 is 11.8 Å². The molecule has 0 aliphatic rings. The van der Waals surface area contributed by atoms with Crippen molar-refractivity contribution in [3.05, 3.63) is 71.0 Å². The Kier molecular flexibility index (Phi) is 8.42. The first-order chi connectivity index (χ1) is 15.2. The Morgan fingerprint density at radius 3 is 1.94 bits per heavy atom. The zero-order valence-electron chi connectivity index (χ0n) is 17.1. The second-order valence-corrected chi connectivity index (χ2v) is 6.66. The van der Waals surface area contributed by atoms with Crippen molar-refractivity contribution in [2.24, 2.45) is 0 Å². The summed E-state index contributed by atoms with van der Waals surface area (Å²) in [5.74, 6) is 8.30. The molecule has 0 fully saturated rings. The van der Waals surface area contributed by atoms with Crippen molar-refractivity contribution in [2.75, 3.05) is 7.11 Å². The summed E-state index contributed by atoms with van der Waals surface area (Å²) in [6.45, 7) is 0.934. The first-order valence-corrected chi connectivity index (χ1v) is 9.17. The number of hydrogen-bond acceptors (Lipinski definition) is 4. The Labute approximate surface area is 182 Å². The number of alkyl halides is 2. The topological polar surface area (TPSA) is 87.7 Å². The van der Waals surface area contributed by atoms with Crippen LogP contribution in [0.5, 0.6) is 0 Å². The van der Waals surface area contributed by atoms with E-state index in [1.54, 1.807) is 0 Å². The quantitative estimate of drug-likeness (QED) is 0.363. The molecule has 0 saturated carbocycles. The molecule has 2 unspecified atom stereocenters. The van der Waals surface area contributed by atoms with E-state index in [4.69, 9.17) is 9.94 Å². The van der Waals surface area contributed by atoms with Gasteiger partial charge in [0.25, 0.3) is 18.2 Å². The molecule has 2 rings (SSSR count). The Hall–Kier alpha value is -3.79. The maximum atomic E-state index is 13.4. The SMILES string of the molecule is COC(C)(C(F)F)C(NC(=O)c1ccc(C#CC#Cc2ccc(F)cc2)cc1)C(=O)NO. The Morgan fingerprint density at radius 2 is 1.50 bits per heavy atom. The molecule has 2 atom stereocenters. The number of halogens is 3. The summed E-state index contributed by atoms with van der Waals surface area (Å²) in [5, 5.41) is 11.0. The van der Waals surface area contributed by atoms with Crippen LogP contribution in [0.25, 0.3) is 0 Å². The average Bonchev–Trinajstić information content (AvgIpc) is 2.80. The predicted molar refractivity (Wildman–Crippen MR) is 109 cm³/mol. The van der Waals surface area contributed by atoms with Crippen LogP contribution in [0.1, 0.15) is 28.4 Å². The molecule has 9 heteroatoms. The molecular formula is C23H19F3N2O4. The lowest BCUT2D eigenvalue weighted by molar-refractivity contribution is -0.157. The van der Waals surface area contributed by atoms with E-state index in [0.717, 1.165) is 14.0 Å². The molecular weight excluding hydrogens is 425 g/mol. The van der Waals surface area contributed by atoms with Gasteiger partial charge in [-0.1, -0.05) is 11.8 Å². The molecule has 0 aliphatic carbocycles. The maximum absolute atomic E-state index is 13.4. The van der Waals surface area contributed by atoms with Crippen molar-refractivity contribution < 1.29 is 32.7 Å². The second kappa shape index (κ2) is 11.0. The van der Waals surface area contributed by atoms with E-state index < -0.39 is 29.9 Å². The van der Waals surface area contributed by atoms with Gasteiger partial charge >= 0.3 is 0 Å². The fraction of sp³-hybridized carbons (Fsp3) is 0.217. The largest absolute Gasteiger partial charge is 0.370 e. The van der Waals surface area contributed by atoms with E-state index in [1.807, 2.05) is 0 Å². The van der Waals surface area contributed by atoms with Crippen molar-refractivity contribution in [1.29, 1.82) is 0 Å². The van der Waals surface area contributed by atoms with Gasteiger partial charge < -0.3 is 10.1 Å². The lowest BCUT2D eigenvalue weighted by atomic mass is 9.95. The van der Waals surface area contributed by atoms with Crippen LogP contribution in [0.4, 0.5) is 13.2 Å². The van der Waals surface area contributed by atoms with Gasteiger partial charge in [0.1, 0.15) is 11.9 Å². The lowest BCUT2D eigenvalue weighted by Gasteiger charge is -2.34. The minimum atomic E-state index is -3.14. The van der Waals surface area contributed by atoms with Gasteiger partial charge in [-0.05, 0) is 67.3 Å². The highest BCUT2D eigenvalue weighted by Crippen LogP contribution is 2.24. The maximum Gasteiger partial charge on any atom is 0.269 e. The van der Waals surface area contributed by atoms with Gasteiger partial charge in [0, 0.05) is 23.8 Å². The van der Waals surface area contributed by atoms with E-state index in [0.29, 0.717) is 11.1 Å². The fourth-order valence-electron chi connectivity index (χ4n) is 2.53. The number of rotatable bonds is 6. The predicted octanol–water partition coefficient (Wildman–Crippen LogP) is 2.50. The van der Waals surface area contributed by atoms with Gasteiger partial charge in [0.15, 0.2) is 5.60 Å². The normalized spacial score (nSPS) is 13.0. The molecule has 0 aromatic heterocycles. The summed E-state index contributed by atoms with van der Waals surface area (Å²) in [5.41, 5.74) is 0.0610. The average molecular weight is 444 g/mol. The number of amides is 2. The molecule has 166 valence electrons. The number of benzene rings is 2. The smallest absolute Gasteiger partial charge is 0.269 e. The van der Waals surface area contributed by atoms with Gasteiger partial charge in [-0.2, -0.15) is 0 Å². The van der Waals surface area contributed by atoms with Crippen molar-refractivity contribution in [1.82, 2.24) is 10.8 Å². The van der Waals surface area contributed by atoms with E-state index in [1.165, 1.54) is 54.0 Å². The summed E-state index contributed by atoms with van der Waals surface area (Å²) in [6.07, 6.45) is -3.14. The van der Waals surface area contributed by atoms with E-state index in [-0.39, 0.29) is 11.4 Å². The number of carbonyl (C=O) groups excluding carboxylic acids is 2. The Balaban J connectivity index is 2.12. The summed E-state index contributed by atoms with van der Waals surface area (Å²) in [7, 11) is 0.961. The van der Waals surface area contributed by atoms with Crippen LogP contribution < -0.4 is 10.8 Å². The van der Waals surface area contributed by atoms with E-state index >= 15 is 0 Å². The lowest BCUT2D eigenvalue weighted by Crippen LogP contribution is -2.62. The van der Waals surface area contributed by atoms with Gasteiger partial charge in [-0.25, -0.2) is 18.7 Å². The van der Waals surface area contributed by atoms with E-state index in [2.05, 4.69) is 29.0 Å². The van der Waals surface area contributed by atoms with Crippen LogP contribution in [0.3, 0.4) is 0 Å². The number of hydrogen-bond donors (Lipinski definition) is 3. The third-order valence-corrected chi connectivity index (χ3v) is 4.56. The molecule has 2 aromatic carbocycles. The van der Waals surface area contributed by atoms with Crippen molar-refractivity contribution in [3.8, 4) is 23.7 Å². The molecule has 0 radical (unpaired) electrons. The third-order valence-electron chi connectivity index (χ3n) is 4.56. The Morgan fingerprint density at radius 1 is 1.00 bits per heavy atom. The number of nitrogens with one attached hydrogen (secondary N) is 2. The molecule has 2 amide bonds. The van der Waals surface area contributed by atoms with Crippen LogP contribution in [0.2, 0.25) is 0 Å². The van der Waals surface area contributed by atoms with Gasteiger partial charge in [0.2, 0.25) is 0 Å². The first-order valence-electron chi connectivity index (χ1n) is 9.17. The van der Waals surface area contributed by atoms with Gasteiger partial charge in [-0.3, -0.25) is 14.8 Å². The van der Waals surface area contributed by atoms with Crippen LogP contribution in [0, 0.1) is 29.5 Å². The molecule has 2 aromatic rings. The molecule has 0 bridgehead atoms. The van der Waals surface area contributed by atoms with Crippen LogP contribution in [-0.2, 0) is 9.53 Å². The molecule has 0 heterocycles. The number of ether oxygens (including phenoxy) is 1. The highest BCUT2D eigenvalue weighted by atomic mass is 19.3. The zero-order valence-corrected chi connectivity index (χ0v) is 17.1. The highest BCUT2D eigenvalue weighted by molar-refractivity contribution is 5.97. The van der Waals surface area contributed by atoms with Crippen molar-refractivity contribution in [2.45, 2.75) is 25.0 Å². The third kappa shape index (κ3) is 6.11. The molecule has 0 aliphatic heterocycles. The molecule has 0 spiro atoms. The first kappa shape index (κ1) is 24.5. The van der Waals surface area contributed by atoms with Crippen LogP contribution >= 0.6 is 0 Å². The molecule has 0 saturated heterocycles. The Bertz CT molecular complexity index is 1080. The summed E-state index contributed by atoms with van der Waals surface area (Å²) >= 11 is 0. The number of methoxy groups -OCH3 is 1. The van der Waals surface area contributed by atoms with Crippen molar-refractivity contribution in [3.63, 3.8) is 0 Å². The molecule has 6 nitrogen and oxygen atoms in total. The molecule has 3 N–H and O–H groups in total. The summed E-state index contributed by atoms with van der Waals surface area (Å²) < 4.78 is 44.5. The van der Waals surface area contributed by atoms with Crippen LogP contribution in [-0.4, -0.2) is 42.2 Å². The minimum absolute atomic E-state index is 0.0661. The van der Waals surface area contributed by atoms with Crippen LogP contribution in [0.15, 0.2) is 48.5 Å². The monoisotopic (exact) mass is 444 g/mol. The zero-order chi connectivity index (χ0) is 23.7. The second-order valence-electron chi connectivity index (χ2n) is 6.66. The minimum Gasteiger partial charge on any atom is -0.370 e.